The first-order valence-electron chi connectivity index (χ1n) is 7.55. The second-order valence-electron chi connectivity index (χ2n) is 4.93. The molecular weight excluding hydrogens is 256 g/mol. The number of piperidine rings is 1. The molecule has 0 spiro atoms. The molecule has 0 aromatic carbocycles. The van der Waals surface area contributed by atoms with Crippen LogP contribution in [-0.4, -0.2) is 61.0 Å². The molecule has 1 aliphatic rings. The summed E-state index contributed by atoms with van der Waals surface area (Å²) in [7, 11) is 1.95. The highest BCUT2D eigenvalue weighted by Gasteiger charge is 2.24. The number of rotatable bonds is 5. The van der Waals surface area contributed by atoms with Gasteiger partial charge in [0.15, 0.2) is 0 Å². The first-order chi connectivity index (χ1) is 9.52. The Balaban J connectivity index is 0.00000172. The van der Waals surface area contributed by atoms with E-state index in [1.165, 1.54) is 0 Å². The molecule has 1 fully saturated rings. The number of amides is 3. The van der Waals surface area contributed by atoms with Crippen LogP contribution in [0.15, 0.2) is 0 Å². The van der Waals surface area contributed by atoms with Crippen LogP contribution in [0.25, 0.3) is 0 Å². The largest absolute Gasteiger partial charge is 0.352 e. The van der Waals surface area contributed by atoms with E-state index in [1.54, 1.807) is 0 Å². The second kappa shape index (κ2) is 10.5. The van der Waals surface area contributed by atoms with Crippen molar-refractivity contribution in [3.63, 3.8) is 0 Å². The maximum absolute atomic E-state index is 12.1. The van der Waals surface area contributed by atoms with Crippen molar-refractivity contribution in [3.8, 4) is 0 Å². The molecule has 0 bridgehead atoms. The molecule has 0 radical (unpaired) electrons. The zero-order valence-electron chi connectivity index (χ0n) is 13.3. The second-order valence-corrected chi connectivity index (χ2v) is 4.93. The van der Waals surface area contributed by atoms with E-state index >= 15 is 0 Å². The van der Waals surface area contributed by atoms with E-state index in [9.17, 15) is 9.59 Å². The van der Waals surface area contributed by atoms with Crippen LogP contribution in [0.5, 0.6) is 0 Å². The fraction of sp³-hybridized carbons (Fsp3) is 0.857. The summed E-state index contributed by atoms with van der Waals surface area (Å²) in [5, 5.41) is 2.68. The van der Waals surface area contributed by atoms with Gasteiger partial charge < -0.3 is 16.0 Å². The highest BCUT2D eigenvalue weighted by atomic mass is 16.2. The lowest BCUT2D eigenvalue weighted by Crippen LogP contribution is -2.52. The summed E-state index contributed by atoms with van der Waals surface area (Å²) in [6.07, 6.45) is 2.83. The quantitative estimate of drug-likeness (QED) is 0.792. The van der Waals surface area contributed by atoms with Crippen LogP contribution in [0.4, 0.5) is 4.79 Å². The molecule has 1 aliphatic heterocycles. The van der Waals surface area contributed by atoms with Gasteiger partial charge in [0, 0.05) is 19.1 Å². The molecule has 3 N–H and O–H groups in total. The van der Waals surface area contributed by atoms with Gasteiger partial charge in [0.1, 0.15) is 0 Å². The molecule has 0 aromatic rings. The number of nitrogens with zero attached hydrogens (tertiary/aromatic N) is 2. The van der Waals surface area contributed by atoms with Gasteiger partial charge in [-0.25, -0.2) is 4.79 Å². The van der Waals surface area contributed by atoms with Crippen LogP contribution in [0.3, 0.4) is 0 Å². The summed E-state index contributed by atoms with van der Waals surface area (Å²) >= 11 is 0. The van der Waals surface area contributed by atoms with E-state index in [0.717, 1.165) is 32.4 Å². The maximum Gasteiger partial charge on any atom is 0.312 e. The smallest absolute Gasteiger partial charge is 0.312 e. The molecular formula is C14H30N4O2. The van der Waals surface area contributed by atoms with E-state index < -0.39 is 6.03 Å². The molecule has 1 heterocycles. The van der Waals surface area contributed by atoms with Gasteiger partial charge in [-0.2, -0.15) is 0 Å². The molecule has 0 aromatic heterocycles. The lowest BCUT2D eigenvalue weighted by Gasteiger charge is -2.33. The van der Waals surface area contributed by atoms with E-state index in [-0.39, 0.29) is 11.9 Å². The number of primary amides is 1. The normalized spacial score (nSPS) is 18.2. The molecule has 6 nitrogen and oxygen atoms in total. The molecule has 118 valence electrons. The molecule has 1 saturated heterocycles. The van der Waals surface area contributed by atoms with Gasteiger partial charge in [-0.15, -0.1) is 0 Å². The Labute approximate surface area is 122 Å². The van der Waals surface area contributed by atoms with Gasteiger partial charge in [-0.05, 0) is 32.9 Å². The molecule has 6 heteroatoms. The first-order valence-corrected chi connectivity index (χ1v) is 7.55. The van der Waals surface area contributed by atoms with Crippen molar-refractivity contribution in [3.05, 3.63) is 0 Å². The summed E-state index contributed by atoms with van der Waals surface area (Å²) in [4.78, 5) is 26.7. The van der Waals surface area contributed by atoms with Gasteiger partial charge in [-0.1, -0.05) is 20.8 Å². The van der Waals surface area contributed by atoms with Crippen LogP contribution in [0.1, 0.15) is 40.0 Å². The van der Waals surface area contributed by atoms with Crippen molar-refractivity contribution in [1.29, 1.82) is 0 Å². The lowest BCUT2D eigenvalue weighted by molar-refractivity contribution is -0.133. The Hall–Kier alpha value is -1.30. The van der Waals surface area contributed by atoms with Crippen molar-refractivity contribution < 1.29 is 9.59 Å². The molecule has 1 rings (SSSR count). The molecule has 20 heavy (non-hydrogen) atoms. The summed E-state index contributed by atoms with van der Waals surface area (Å²) in [6, 6.07) is -0.519. The van der Waals surface area contributed by atoms with Crippen LogP contribution < -0.4 is 11.1 Å². The summed E-state index contributed by atoms with van der Waals surface area (Å²) < 4.78 is 0. The minimum atomic E-state index is -0.516. The molecule has 1 unspecified atom stereocenters. The van der Waals surface area contributed by atoms with Gasteiger partial charge >= 0.3 is 6.03 Å². The summed E-state index contributed by atoms with van der Waals surface area (Å²) in [5.41, 5.74) is 5.10. The zero-order chi connectivity index (χ0) is 15.5. The van der Waals surface area contributed by atoms with E-state index in [0.29, 0.717) is 13.1 Å². The Bertz CT molecular complexity index is 297. The minimum absolute atomic E-state index is 0.00307. The Morgan fingerprint density at radius 2 is 2.05 bits per heavy atom. The zero-order valence-corrected chi connectivity index (χ0v) is 13.3. The van der Waals surface area contributed by atoms with Crippen molar-refractivity contribution >= 4 is 11.9 Å². The first kappa shape index (κ1) is 18.7. The molecule has 1 atom stereocenters. The van der Waals surface area contributed by atoms with E-state index in [4.69, 9.17) is 5.73 Å². The fourth-order valence-electron chi connectivity index (χ4n) is 2.31. The number of carbonyl (C=O) groups is 2. The average Bonchev–Trinajstić information content (AvgIpc) is 2.40. The van der Waals surface area contributed by atoms with Crippen LogP contribution >= 0.6 is 0 Å². The van der Waals surface area contributed by atoms with Crippen molar-refractivity contribution in [2.75, 3.05) is 33.2 Å². The van der Waals surface area contributed by atoms with Crippen LogP contribution in [-0.2, 0) is 4.79 Å². The van der Waals surface area contributed by atoms with Crippen molar-refractivity contribution in [1.82, 2.24) is 15.1 Å². The molecule has 0 saturated carbocycles. The van der Waals surface area contributed by atoms with Crippen molar-refractivity contribution in [2.45, 2.75) is 46.1 Å². The summed E-state index contributed by atoms with van der Waals surface area (Å²) in [6.45, 7) is 8.80. The molecule has 3 amide bonds. The number of likely N-dealkylation sites (N-methyl/N-ethyl adjacent to an activating group) is 1. The topological polar surface area (TPSA) is 78.7 Å². The van der Waals surface area contributed by atoms with Crippen LogP contribution in [0.2, 0.25) is 0 Å². The van der Waals surface area contributed by atoms with E-state index in [1.807, 2.05) is 30.7 Å². The number of carbonyl (C=O) groups excluding carboxylic acids is 2. The number of likely N-dealkylation sites (tertiary alicyclic amines) is 1. The van der Waals surface area contributed by atoms with Gasteiger partial charge in [0.25, 0.3) is 0 Å². The number of nitrogens with one attached hydrogen (secondary N) is 1. The third-order valence-corrected chi connectivity index (χ3v) is 3.13. The Morgan fingerprint density at radius 1 is 1.40 bits per heavy atom. The predicted octanol–water partition coefficient (Wildman–Crippen LogP) is 1.01. The average molecular weight is 286 g/mol. The fourth-order valence-corrected chi connectivity index (χ4v) is 2.31. The van der Waals surface area contributed by atoms with E-state index in [2.05, 4.69) is 12.2 Å². The van der Waals surface area contributed by atoms with Gasteiger partial charge in [-0.3, -0.25) is 9.69 Å². The highest BCUT2D eigenvalue weighted by molar-refractivity contribution is 5.78. The maximum atomic E-state index is 12.1. The Morgan fingerprint density at radius 3 is 2.60 bits per heavy atom. The van der Waals surface area contributed by atoms with Crippen LogP contribution in [0, 0.1) is 0 Å². The number of urea groups is 1. The predicted molar refractivity (Wildman–Crippen MR) is 81.5 cm³/mol. The summed E-state index contributed by atoms with van der Waals surface area (Å²) in [5.74, 6) is 0.127. The SMILES string of the molecule is CC.CCCN(C)CC(=O)N1CCCC(NC(N)=O)C1. The third kappa shape index (κ3) is 7.33. The highest BCUT2D eigenvalue weighted by Crippen LogP contribution is 2.10. The number of nitrogens with two attached hydrogens (primary N) is 1. The number of hydrogen-bond acceptors (Lipinski definition) is 3. The standard InChI is InChI=1S/C12H24N4O2.C2H6/c1-3-6-15(2)9-11(17)16-7-4-5-10(8-16)14-12(13)18;1-2/h10H,3-9H2,1-2H3,(H3,13,14,18);1-2H3. The number of hydrogen-bond donors (Lipinski definition) is 2. The minimum Gasteiger partial charge on any atom is -0.352 e. The Kier molecular flexibility index (Phi) is 9.80. The monoisotopic (exact) mass is 286 g/mol. The van der Waals surface area contributed by atoms with Crippen molar-refractivity contribution in [2.24, 2.45) is 5.73 Å². The lowest BCUT2D eigenvalue weighted by atomic mass is 10.1. The third-order valence-electron chi connectivity index (χ3n) is 3.13. The van der Waals surface area contributed by atoms with Gasteiger partial charge in [0.2, 0.25) is 5.91 Å². The molecule has 0 aliphatic carbocycles. The van der Waals surface area contributed by atoms with Gasteiger partial charge in [0.05, 0.1) is 6.54 Å².